The largest absolute Gasteiger partial charge is 0.350 e. The minimum absolute atomic E-state index is 0.0441. The summed E-state index contributed by atoms with van der Waals surface area (Å²) in [5.74, 6) is -0.918. The van der Waals surface area contributed by atoms with Crippen LogP contribution in [0.3, 0.4) is 0 Å². The lowest BCUT2D eigenvalue weighted by Crippen LogP contribution is -2.53. The lowest BCUT2D eigenvalue weighted by Gasteiger charge is -2.28. The van der Waals surface area contributed by atoms with Crippen molar-refractivity contribution in [3.05, 3.63) is 48.0 Å². The zero-order valence-electron chi connectivity index (χ0n) is 18.5. The zero-order valence-corrected chi connectivity index (χ0v) is 18.5. The van der Waals surface area contributed by atoms with Gasteiger partial charge in [0.05, 0.1) is 11.8 Å². The summed E-state index contributed by atoms with van der Waals surface area (Å²) in [7, 11) is 0. The van der Waals surface area contributed by atoms with E-state index in [1.807, 2.05) is 44.2 Å². The topological polar surface area (TPSA) is 69.7 Å². The Balaban J connectivity index is 1.41. The quantitative estimate of drug-likeness (QED) is 0.541. The minimum Gasteiger partial charge on any atom is -0.350 e. The van der Waals surface area contributed by atoms with Gasteiger partial charge in [0, 0.05) is 25.7 Å². The molecule has 1 aliphatic carbocycles. The van der Waals surface area contributed by atoms with Crippen LogP contribution in [0, 0.1) is 17.8 Å². The van der Waals surface area contributed by atoms with Crippen LogP contribution in [0.2, 0.25) is 0 Å². The molecule has 2 aliphatic heterocycles. The van der Waals surface area contributed by atoms with Gasteiger partial charge in [-0.15, -0.1) is 0 Å². The number of imide groups is 1. The van der Waals surface area contributed by atoms with Gasteiger partial charge in [-0.3, -0.25) is 24.2 Å². The fourth-order valence-corrected chi connectivity index (χ4v) is 5.14. The van der Waals surface area contributed by atoms with Crippen molar-refractivity contribution in [2.45, 2.75) is 58.2 Å². The van der Waals surface area contributed by atoms with Crippen LogP contribution in [0.15, 0.2) is 42.5 Å². The van der Waals surface area contributed by atoms with E-state index in [-0.39, 0.29) is 41.5 Å². The van der Waals surface area contributed by atoms with E-state index in [0.717, 1.165) is 26.1 Å². The highest BCUT2D eigenvalue weighted by Crippen LogP contribution is 2.37. The number of rotatable bonds is 7. The van der Waals surface area contributed by atoms with E-state index in [4.69, 9.17) is 0 Å². The van der Waals surface area contributed by atoms with E-state index >= 15 is 0 Å². The molecule has 0 saturated carbocycles. The van der Waals surface area contributed by atoms with Crippen molar-refractivity contribution in [3.63, 3.8) is 0 Å². The van der Waals surface area contributed by atoms with E-state index in [1.165, 1.54) is 10.5 Å². The van der Waals surface area contributed by atoms with Gasteiger partial charge in [0.2, 0.25) is 17.7 Å². The summed E-state index contributed by atoms with van der Waals surface area (Å²) in [4.78, 5) is 43.0. The summed E-state index contributed by atoms with van der Waals surface area (Å²) in [6, 6.07) is 9.65. The summed E-state index contributed by atoms with van der Waals surface area (Å²) in [6.45, 7) is 6.62. The molecule has 1 aromatic rings. The first-order chi connectivity index (χ1) is 14.9. The van der Waals surface area contributed by atoms with E-state index in [0.29, 0.717) is 19.3 Å². The van der Waals surface area contributed by atoms with Gasteiger partial charge in [-0.2, -0.15) is 0 Å². The lowest BCUT2D eigenvalue weighted by molar-refractivity contribution is -0.148. The molecule has 3 aliphatic rings. The predicted molar refractivity (Wildman–Crippen MR) is 119 cm³/mol. The average molecular weight is 424 g/mol. The first kappa shape index (κ1) is 21.8. The van der Waals surface area contributed by atoms with Gasteiger partial charge in [0.1, 0.15) is 6.04 Å². The number of hydrogen-bond donors (Lipinski definition) is 1. The van der Waals surface area contributed by atoms with Gasteiger partial charge >= 0.3 is 0 Å². The van der Waals surface area contributed by atoms with Gasteiger partial charge in [-0.25, -0.2) is 0 Å². The first-order valence-electron chi connectivity index (χ1n) is 11.5. The van der Waals surface area contributed by atoms with Crippen molar-refractivity contribution >= 4 is 17.7 Å². The Morgan fingerprint density at radius 3 is 2.32 bits per heavy atom. The number of hydrogen-bond acceptors (Lipinski definition) is 4. The molecule has 2 fully saturated rings. The molecule has 31 heavy (non-hydrogen) atoms. The van der Waals surface area contributed by atoms with Crippen LogP contribution in [0.1, 0.15) is 45.1 Å². The number of nitrogens with one attached hydrogen (secondary N) is 1. The van der Waals surface area contributed by atoms with Gasteiger partial charge in [0.25, 0.3) is 0 Å². The molecule has 3 amide bonds. The minimum atomic E-state index is -0.714. The Kier molecular flexibility index (Phi) is 6.56. The van der Waals surface area contributed by atoms with Crippen LogP contribution in [-0.4, -0.2) is 52.7 Å². The summed E-state index contributed by atoms with van der Waals surface area (Å²) >= 11 is 0. The maximum Gasteiger partial charge on any atom is 0.243 e. The van der Waals surface area contributed by atoms with E-state index in [9.17, 15) is 14.4 Å². The monoisotopic (exact) mass is 423 g/mol. The average Bonchev–Trinajstić information content (AvgIpc) is 3.29. The lowest BCUT2D eigenvalue weighted by atomic mass is 9.85. The van der Waals surface area contributed by atoms with Crippen molar-refractivity contribution in [2.24, 2.45) is 17.8 Å². The number of nitrogens with zero attached hydrogens (tertiary/aromatic N) is 2. The number of likely N-dealkylation sites (tertiary alicyclic amines) is 2. The highest BCUT2D eigenvalue weighted by Gasteiger charge is 2.51. The SMILES string of the molecule is CC(C)CC(C(=O)NC1CCN(Cc2ccccc2)C1)N1C(=O)C2CC=CCC2C1=O. The Hall–Kier alpha value is -2.47. The Labute approximate surface area is 184 Å². The molecule has 6 nitrogen and oxygen atoms in total. The molecule has 4 rings (SSSR count). The van der Waals surface area contributed by atoms with Crippen molar-refractivity contribution in [3.8, 4) is 0 Å². The van der Waals surface area contributed by atoms with Gasteiger partial charge in [0.15, 0.2) is 0 Å². The predicted octanol–water partition coefficient (Wildman–Crippen LogP) is 2.74. The molecule has 1 N–H and O–H groups in total. The number of carbonyl (C=O) groups is 3. The fourth-order valence-electron chi connectivity index (χ4n) is 5.14. The number of allylic oxidation sites excluding steroid dienone is 2. The molecular weight excluding hydrogens is 390 g/mol. The van der Waals surface area contributed by atoms with Gasteiger partial charge in [-0.05, 0) is 37.2 Å². The third kappa shape index (κ3) is 4.74. The fraction of sp³-hybridized carbons (Fsp3) is 0.560. The third-order valence-corrected chi connectivity index (χ3v) is 6.72. The van der Waals surface area contributed by atoms with Crippen LogP contribution in [0.5, 0.6) is 0 Å². The molecule has 4 atom stereocenters. The molecule has 0 bridgehead atoms. The van der Waals surface area contributed by atoms with Crippen LogP contribution in [0.4, 0.5) is 0 Å². The Morgan fingerprint density at radius 1 is 1.06 bits per heavy atom. The highest BCUT2D eigenvalue weighted by molar-refractivity contribution is 6.08. The van der Waals surface area contributed by atoms with Crippen molar-refractivity contribution in [2.75, 3.05) is 13.1 Å². The molecule has 0 radical (unpaired) electrons. The van der Waals surface area contributed by atoms with Gasteiger partial charge < -0.3 is 5.32 Å². The Morgan fingerprint density at radius 2 is 1.71 bits per heavy atom. The highest BCUT2D eigenvalue weighted by atomic mass is 16.2. The van der Waals surface area contributed by atoms with Crippen LogP contribution >= 0.6 is 0 Å². The second kappa shape index (κ2) is 9.35. The molecule has 2 saturated heterocycles. The van der Waals surface area contributed by atoms with Crippen LogP contribution in [-0.2, 0) is 20.9 Å². The third-order valence-electron chi connectivity index (χ3n) is 6.72. The second-order valence-electron chi connectivity index (χ2n) is 9.56. The summed E-state index contributed by atoms with van der Waals surface area (Å²) in [5.41, 5.74) is 1.26. The van der Waals surface area contributed by atoms with Crippen molar-refractivity contribution in [1.82, 2.24) is 15.1 Å². The van der Waals surface area contributed by atoms with Crippen molar-refractivity contribution < 1.29 is 14.4 Å². The smallest absolute Gasteiger partial charge is 0.243 e. The number of carbonyl (C=O) groups excluding carboxylic acids is 3. The summed E-state index contributed by atoms with van der Waals surface area (Å²) in [5, 5.41) is 3.16. The molecule has 0 aromatic heterocycles. The van der Waals surface area contributed by atoms with Crippen molar-refractivity contribution in [1.29, 1.82) is 0 Å². The van der Waals surface area contributed by atoms with Crippen LogP contribution in [0.25, 0.3) is 0 Å². The molecule has 2 heterocycles. The molecule has 166 valence electrons. The van der Waals surface area contributed by atoms with E-state index in [2.05, 4.69) is 22.3 Å². The first-order valence-corrected chi connectivity index (χ1v) is 11.5. The standard InChI is InChI=1S/C25H33N3O3/c1-17(2)14-22(28-24(30)20-10-6-7-11-21(20)25(28)31)23(29)26-19-12-13-27(16-19)15-18-8-4-3-5-9-18/h3-9,17,19-22H,10-16H2,1-2H3,(H,26,29). The molecule has 1 aromatic carbocycles. The number of benzene rings is 1. The van der Waals surface area contributed by atoms with Crippen LogP contribution < -0.4 is 5.32 Å². The molecule has 0 spiro atoms. The molecular formula is C25H33N3O3. The van der Waals surface area contributed by atoms with E-state index < -0.39 is 6.04 Å². The normalized spacial score (nSPS) is 27.1. The molecule has 6 heteroatoms. The van der Waals surface area contributed by atoms with Gasteiger partial charge in [-0.1, -0.05) is 56.3 Å². The Bertz CT molecular complexity index is 825. The summed E-state index contributed by atoms with van der Waals surface area (Å²) in [6.07, 6.45) is 6.53. The second-order valence-corrected chi connectivity index (χ2v) is 9.56. The molecule has 4 unspecified atom stereocenters. The zero-order chi connectivity index (χ0) is 22.0. The van der Waals surface area contributed by atoms with E-state index in [1.54, 1.807) is 0 Å². The maximum absolute atomic E-state index is 13.3. The maximum atomic E-state index is 13.3. The summed E-state index contributed by atoms with van der Waals surface area (Å²) < 4.78 is 0. The number of amides is 3. The number of fused-ring (bicyclic) bond motifs is 1.